The van der Waals surface area contributed by atoms with Crippen LogP contribution in [0.2, 0.25) is 0 Å². The Kier molecular flexibility index (Phi) is 2.86. The van der Waals surface area contributed by atoms with Crippen LogP contribution in [0, 0.1) is 6.92 Å². The van der Waals surface area contributed by atoms with Crippen molar-refractivity contribution in [3.8, 4) is 5.88 Å². The molecule has 3 rings (SSSR count). The summed E-state index contributed by atoms with van der Waals surface area (Å²) in [6.07, 6.45) is 4.00. The first-order valence-corrected chi connectivity index (χ1v) is 6.03. The van der Waals surface area contributed by atoms with E-state index in [1.165, 1.54) is 6.20 Å². The van der Waals surface area contributed by atoms with E-state index >= 15 is 0 Å². The van der Waals surface area contributed by atoms with Crippen molar-refractivity contribution in [1.29, 1.82) is 0 Å². The Hall–Kier alpha value is -2.44. The highest BCUT2D eigenvalue weighted by Gasteiger charge is 2.22. The van der Waals surface area contributed by atoms with Crippen molar-refractivity contribution >= 4 is 11.9 Å². The number of fused-ring (bicyclic) bond motifs is 1. The minimum Gasteiger partial charge on any atom is -0.477 e. The van der Waals surface area contributed by atoms with Gasteiger partial charge in [0.25, 0.3) is 5.91 Å². The maximum Gasteiger partial charge on any atom is 0.265 e. The fraction of sp³-hybridized carbons (Fsp3) is 0.333. The quantitative estimate of drug-likeness (QED) is 0.870. The van der Waals surface area contributed by atoms with Gasteiger partial charge < -0.3 is 4.74 Å². The third kappa shape index (κ3) is 2.26. The largest absolute Gasteiger partial charge is 0.477 e. The Morgan fingerprint density at radius 1 is 1.53 bits per heavy atom. The molecule has 98 valence electrons. The molecule has 19 heavy (non-hydrogen) atoms. The van der Waals surface area contributed by atoms with Crippen LogP contribution in [-0.4, -0.2) is 32.3 Å². The lowest BCUT2D eigenvalue weighted by Gasteiger charge is -2.15. The highest BCUT2D eigenvalue weighted by atomic mass is 16.5. The van der Waals surface area contributed by atoms with Crippen molar-refractivity contribution in [3.05, 3.63) is 29.7 Å². The molecule has 0 fully saturated rings. The van der Waals surface area contributed by atoms with Gasteiger partial charge in [-0.1, -0.05) is 0 Å². The first-order valence-electron chi connectivity index (χ1n) is 6.03. The molecule has 2 aromatic rings. The van der Waals surface area contributed by atoms with E-state index in [0.717, 1.165) is 18.7 Å². The normalized spacial score (nSPS) is 13.5. The molecule has 0 bridgehead atoms. The molecule has 0 aliphatic carbocycles. The molecule has 7 heteroatoms. The third-order valence-electron chi connectivity index (χ3n) is 2.81. The van der Waals surface area contributed by atoms with E-state index in [-0.39, 0.29) is 11.9 Å². The van der Waals surface area contributed by atoms with Crippen molar-refractivity contribution in [1.82, 2.24) is 19.7 Å². The van der Waals surface area contributed by atoms with Crippen LogP contribution in [0.4, 0.5) is 5.95 Å². The molecule has 0 saturated carbocycles. The molecule has 7 nitrogen and oxygen atoms in total. The van der Waals surface area contributed by atoms with Gasteiger partial charge in [-0.15, -0.1) is 0 Å². The van der Waals surface area contributed by atoms with Gasteiger partial charge in [0.05, 0.1) is 12.8 Å². The summed E-state index contributed by atoms with van der Waals surface area (Å²) >= 11 is 0. The van der Waals surface area contributed by atoms with Gasteiger partial charge in [0.2, 0.25) is 11.8 Å². The summed E-state index contributed by atoms with van der Waals surface area (Å²) in [7, 11) is 0. The number of hydrogen-bond acceptors (Lipinski definition) is 5. The van der Waals surface area contributed by atoms with E-state index in [2.05, 4.69) is 20.4 Å². The Labute approximate surface area is 109 Å². The van der Waals surface area contributed by atoms with Crippen LogP contribution in [0.5, 0.6) is 5.88 Å². The molecule has 1 N–H and O–H groups in total. The fourth-order valence-electron chi connectivity index (χ4n) is 1.90. The van der Waals surface area contributed by atoms with Crippen LogP contribution < -0.4 is 10.1 Å². The van der Waals surface area contributed by atoms with Crippen LogP contribution in [0.25, 0.3) is 0 Å². The van der Waals surface area contributed by atoms with Gasteiger partial charge in [-0.3, -0.25) is 10.1 Å². The molecular formula is C12H13N5O2. The number of carbonyl (C=O) groups excluding carboxylic acids is 1. The number of anilines is 1. The SMILES string of the molecule is Cc1ccnc(NC(=O)c2cnn3c2OCCC3)n1. The van der Waals surface area contributed by atoms with E-state index in [9.17, 15) is 4.79 Å². The first kappa shape index (κ1) is 11.6. The summed E-state index contributed by atoms with van der Waals surface area (Å²) in [5.41, 5.74) is 1.20. The molecule has 0 spiro atoms. The third-order valence-corrected chi connectivity index (χ3v) is 2.81. The summed E-state index contributed by atoms with van der Waals surface area (Å²) in [5, 5.41) is 6.77. The van der Waals surface area contributed by atoms with Crippen LogP contribution in [0.3, 0.4) is 0 Å². The topological polar surface area (TPSA) is 81.9 Å². The predicted octanol–water partition coefficient (Wildman–Crippen LogP) is 1.02. The number of ether oxygens (including phenoxy) is 1. The zero-order chi connectivity index (χ0) is 13.2. The first-order chi connectivity index (χ1) is 9.24. The van der Waals surface area contributed by atoms with E-state index < -0.39 is 0 Å². The van der Waals surface area contributed by atoms with Gasteiger partial charge in [0.15, 0.2) is 0 Å². The summed E-state index contributed by atoms with van der Waals surface area (Å²) in [4.78, 5) is 20.2. The molecule has 0 unspecified atom stereocenters. The monoisotopic (exact) mass is 259 g/mol. The number of carbonyl (C=O) groups is 1. The van der Waals surface area contributed by atoms with Crippen molar-refractivity contribution in [3.63, 3.8) is 0 Å². The zero-order valence-corrected chi connectivity index (χ0v) is 10.5. The second-order valence-electron chi connectivity index (χ2n) is 4.26. The molecule has 0 saturated heterocycles. The van der Waals surface area contributed by atoms with E-state index in [1.54, 1.807) is 16.9 Å². The lowest BCUT2D eigenvalue weighted by atomic mass is 10.3. The van der Waals surface area contributed by atoms with Crippen molar-refractivity contribution in [2.24, 2.45) is 0 Å². The van der Waals surface area contributed by atoms with Crippen LogP contribution in [0.1, 0.15) is 22.5 Å². The number of aryl methyl sites for hydroxylation is 2. The maximum atomic E-state index is 12.1. The Morgan fingerprint density at radius 3 is 3.26 bits per heavy atom. The van der Waals surface area contributed by atoms with Gasteiger partial charge in [-0.2, -0.15) is 5.10 Å². The van der Waals surface area contributed by atoms with Gasteiger partial charge in [-0.25, -0.2) is 14.6 Å². The minimum atomic E-state index is -0.311. The van der Waals surface area contributed by atoms with Crippen LogP contribution in [0.15, 0.2) is 18.5 Å². The van der Waals surface area contributed by atoms with Gasteiger partial charge in [-0.05, 0) is 13.0 Å². The summed E-state index contributed by atoms with van der Waals surface area (Å²) in [6.45, 7) is 3.21. The van der Waals surface area contributed by atoms with Crippen LogP contribution in [-0.2, 0) is 6.54 Å². The smallest absolute Gasteiger partial charge is 0.265 e. The van der Waals surface area contributed by atoms with Crippen molar-refractivity contribution in [2.75, 3.05) is 11.9 Å². The molecule has 0 radical (unpaired) electrons. The number of nitrogens with one attached hydrogen (secondary N) is 1. The number of amides is 1. The number of nitrogens with zero attached hydrogens (tertiary/aromatic N) is 4. The highest BCUT2D eigenvalue weighted by Crippen LogP contribution is 2.22. The second-order valence-corrected chi connectivity index (χ2v) is 4.26. The Balaban J connectivity index is 1.83. The Bertz CT molecular complexity index is 622. The van der Waals surface area contributed by atoms with E-state index in [0.29, 0.717) is 18.1 Å². The number of rotatable bonds is 2. The van der Waals surface area contributed by atoms with Gasteiger partial charge >= 0.3 is 0 Å². The summed E-state index contributed by atoms with van der Waals surface area (Å²) in [5.74, 6) is 0.478. The lowest BCUT2D eigenvalue weighted by molar-refractivity contribution is 0.101. The number of hydrogen-bond donors (Lipinski definition) is 1. The summed E-state index contributed by atoms with van der Waals surface area (Å²) in [6, 6.07) is 1.76. The van der Waals surface area contributed by atoms with E-state index in [1.807, 2.05) is 6.92 Å². The molecule has 2 aromatic heterocycles. The Morgan fingerprint density at radius 2 is 2.42 bits per heavy atom. The standard InChI is InChI=1S/C12H13N5O2/c1-8-3-4-13-12(15-8)16-10(18)9-7-14-17-5-2-6-19-11(9)17/h3-4,7H,2,5-6H2,1H3,(H,13,15,16,18). The zero-order valence-electron chi connectivity index (χ0n) is 10.5. The molecule has 0 atom stereocenters. The van der Waals surface area contributed by atoms with Crippen molar-refractivity contribution in [2.45, 2.75) is 19.9 Å². The molecule has 1 aliphatic heterocycles. The van der Waals surface area contributed by atoms with Crippen molar-refractivity contribution < 1.29 is 9.53 Å². The second kappa shape index (κ2) is 4.68. The maximum absolute atomic E-state index is 12.1. The molecular weight excluding hydrogens is 246 g/mol. The number of aromatic nitrogens is 4. The van der Waals surface area contributed by atoms with Gasteiger partial charge in [0.1, 0.15) is 5.56 Å². The summed E-state index contributed by atoms with van der Waals surface area (Å²) < 4.78 is 7.17. The lowest BCUT2D eigenvalue weighted by Crippen LogP contribution is -2.19. The van der Waals surface area contributed by atoms with E-state index in [4.69, 9.17) is 4.74 Å². The predicted molar refractivity (Wildman–Crippen MR) is 67.1 cm³/mol. The average molecular weight is 259 g/mol. The fourth-order valence-corrected chi connectivity index (χ4v) is 1.90. The van der Waals surface area contributed by atoms with Crippen LogP contribution >= 0.6 is 0 Å². The highest BCUT2D eigenvalue weighted by molar-refractivity contribution is 6.04. The average Bonchev–Trinajstić information content (AvgIpc) is 2.82. The molecule has 1 aliphatic rings. The molecule has 0 aromatic carbocycles. The van der Waals surface area contributed by atoms with Gasteiger partial charge in [0, 0.05) is 24.9 Å². The minimum absolute atomic E-state index is 0.278. The molecule has 1 amide bonds. The molecule has 3 heterocycles.